The minimum absolute atomic E-state index is 0.152. The summed E-state index contributed by atoms with van der Waals surface area (Å²) in [6.45, 7) is 13.2. The molecule has 6 aromatic carbocycles. The molecule has 6 aromatic rings. The summed E-state index contributed by atoms with van der Waals surface area (Å²) in [7, 11) is -0.367. The van der Waals surface area contributed by atoms with Crippen LogP contribution in [-0.2, 0) is 14.7 Å². The molecule has 0 saturated carbocycles. The van der Waals surface area contributed by atoms with E-state index >= 15 is 0 Å². The third-order valence-corrected chi connectivity index (χ3v) is 10.1. The Labute approximate surface area is 236 Å². The van der Waals surface area contributed by atoms with E-state index in [0.29, 0.717) is 0 Å². The first-order valence-electron chi connectivity index (χ1n) is 14.4. The fourth-order valence-electron chi connectivity index (χ4n) is 7.09. The summed E-state index contributed by atoms with van der Waals surface area (Å²) >= 11 is 0. The molecular weight excluding hydrogens is 487 g/mol. The fourth-order valence-corrected chi connectivity index (χ4v) is 7.09. The van der Waals surface area contributed by atoms with E-state index in [1.54, 1.807) is 0 Å². The molecule has 196 valence electrons. The molecule has 40 heavy (non-hydrogen) atoms. The SMILES string of the molecule is CC1(C)c2cc(B3OC(C)(C)C(C)(C)O3)ccc2-c2cc3c4ccccc4c4ccc5ccccc5c4c3cc21. The Morgan fingerprint density at radius 3 is 1.85 bits per heavy atom. The first-order chi connectivity index (χ1) is 19.1. The van der Waals surface area contributed by atoms with Crippen LogP contribution in [0, 0.1) is 0 Å². The van der Waals surface area contributed by atoms with Gasteiger partial charge in [-0.05, 0) is 111 Å². The summed E-state index contributed by atoms with van der Waals surface area (Å²) in [5, 5.41) is 10.5. The molecule has 0 atom stereocenters. The summed E-state index contributed by atoms with van der Waals surface area (Å²) in [6.07, 6.45) is 0. The van der Waals surface area contributed by atoms with Crippen LogP contribution < -0.4 is 5.46 Å². The van der Waals surface area contributed by atoms with Crippen LogP contribution in [0.1, 0.15) is 52.7 Å². The van der Waals surface area contributed by atoms with Crippen molar-refractivity contribution < 1.29 is 9.31 Å². The van der Waals surface area contributed by atoms with Gasteiger partial charge in [-0.15, -0.1) is 0 Å². The highest BCUT2D eigenvalue weighted by Gasteiger charge is 2.52. The van der Waals surface area contributed by atoms with E-state index in [0.717, 1.165) is 5.46 Å². The normalized spacial score (nSPS) is 18.6. The first-order valence-corrected chi connectivity index (χ1v) is 14.4. The highest BCUT2D eigenvalue weighted by Crippen LogP contribution is 2.52. The van der Waals surface area contributed by atoms with Gasteiger partial charge in [0, 0.05) is 5.41 Å². The molecule has 2 nitrogen and oxygen atoms in total. The van der Waals surface area contributed by atoms with Crippen LogP contribution in [0.15, 0.2) is 91.0 Å². The topological polar surface area (TPSA) is 18.5 Å². The van der Waals surface area contributed by atoms with Crippen molar-refractivity contribution in [3.8, 4) is 11.1 Å². The van der Waals surface area contributed by atoms with Gasteiger partial charge in [-0.3, -0.25) is 0 Å². The molecule has 0 radical (unpaired) electrons. The maximum absolute atomic E-state index is 6.43. The van der Waals surface area contributed by atoms with Crippen molar-refractivity contribution in [3.63, 3.8) is 0 Å². The standard InChI is InChI=1S/C37H33BO2/c1-35(2)32-19-23(38-39-36(3,4)37(5,6)40-38)16-18-27(32)30-20-29-26-14-10-9-13-25(26)28-17-15-22-11-7-8-12-24(22)34(28)31(29)21-33(30)35/h7-21H,1-6H3. The number of hydrogen-bond acceptors (Lipinski definition) is 2. The molecule has 1 heterocycles. The van der Waals surface area contributed by atoms with Crippen molar-refractivity contribution in [2.24, 2.45) is 0 Å². The zero-order valence-corrected chi connectivity index (χ0v) is 24.1. The van der Waals surface area contributed by atoms with Crippen LogP contribution in [0.25, 0.3) is 54.2 Å². The average molecular weight is 520 g/mol. The lowest BCUT2D eigenvalue weighted by atomic mass is 9.74. The van der Waals surface area contributed by atoms with Gasteiger partial charge in [0.1, 0.15) is 0 Å². The van der Waals surface area contributed by atoms with Gasteiger partial charge in [0.15, 0.2) is 0 Å². The fraction of sp³-hybridized carbons (Fsp3) is 0.243. The van der Waals surface area contributed by atoms with Crippen LogP contribution >= 0.6 is 0 Å². The minimum atomic E-state index is -0.367. The second-order valence-corrected chi connectivity index (χ2v) is 13.2. The Kier molecular flexibility index (Phi) is 4.68. The van der Waals surface area contributed by atoms with Gasteiger partial charge in [0.25, 0.3) is 0 Å². The van der Waals surface area contributed by atoms with Crippen molar-refractivity contribution in [3.05, 3.63) is 102 Å². The van der Waals surface area contributed by atoms with Crippen LogP contribution in [0.4, 0.5) is 0 Å². The number of hydrogen-bond donors (Lipinski definition) is 0. The molecular formula is C37H33BO2. The third-order valence-electron chi connectivity index (χ3n) is 10.1. The van der Waals surface area contributed by atoms with E-state index in [-0.39, 0.29) is 23.7 Å². The molecule has 1 aliphatic carbocycles. The molecule has 0 amide bonds. The molecule has 0 unspecified atom stereocenters. The van der Waals surface area contributed by atoms with Crippen molar-refractivity contribution >= 4 is 55.7 Å². The number of fused-ring (bicyclic) bond motifs is 11. The Hall–Kier alpha value is -3.66. The Bertz CT molecular complexity index is 2030. The van der Waals surface area contributed by atoms with E-state index in [2.05, 4.69) is 133 Å². The molecule has 1 saturated heterocycles. The maximum atomic E-state index is 6.43. The molecule has 0 bridgehead atoms. The maximum Gasteiger partial charge on any atom is 0.494 e. The molecule has 1 aliphatic heterocycles. The van der Waals surface area contributed by atoms with Gasteiger partial charge < -0.3 is 9.31 Å². The van der Waals surface area contributed by atoms with Crippen molar-refractivity contribution in [2.75, 3.05) is 0 Å². The Morgan fingerprint density at radius 2 is 1.12 bits per heavy atom. The van der Waals surface area contributed by atoms with E-state index in [1.807, 2.05) is 0 Å². The second-order valence-electron chi connectivity index (χ2n) is 13.2. The summed E-state index contributed by atoms with van der Waals surface area (Å²) < 4.78 is 12.9. The average Bonchev–Trinajstić information content (AvgIpc) is 3.30. The predicted octanol–water partition coefficient (Wildman–Crippen LogP) is 8.90. The van der Waals surface area contributed by atoms with E-state index < -0.39 is 0 Å². The van der Waals surface area contributed by atoms with Crippen LogP contribution in [0.5, 0.6) is 0 Å². The third kappa shape index (κ3) is 3.08. The predicted molar refractivity (Wildman–Crippen MR) is 170 cm³/mol. The summed E-state index contributed by atoms with van der Waals surface area (Å²) in [4.78, 5) is 0. The summed E-state index contributed by atoms with van der Waals surface area (Å²) in [5.41, 5.74) is 5.57. The molecule has 8 rings (SSSR count). The lowest BCUT2D eigenvalue weighted by molar-refractivity contribution is 0.00578. The lowest BCUT2D eigenvalue weighted by Crippen LogP contribution is -2.41. The summed E-state index contributed by atoms with van der Waals surface area (Å²) in [5.74, 6) is 0. The molecule has 0 N–H and O–H groups in total. The smallest absolute Gasteiger partial charge is 0.399 e. The molecule has 0 aromatic heterocycles. The van der Waals surface area contributed by atoms with Gasteiger partial charge >= 0.3 is 7.12 Å². The second kappa shape index (κ2) is 7.75. The Morgan fingerprint density at radius 1 is 0.500 bits per heavy atom. The largest absolute Gasteiger partial charge is 0.494 e. The van der Waals surface area contributed by atoms with E-state index in [1.165, 1.54) is 65.3 Å². The molecule has 3 heteroatoms. The van der Waals surface area contributed by atoms with Gasteiger partial charge in [0.05, 0.1) is 11.2 Å². The lowest BCUT2D eigenvalue weighted by Gasteiger charge is -2.32. The zero-order valence-electron chi connectivity index (χ0n) is 24.1. The highest BCUT2D eigenvalue weighted by atomic mass is 16.7. The molecule has 0 spiro atoms. The van der Waals surface area contributed by atoms with Crippen molar-refractivity contribution in [1.29, 1.82) is 0 Å². The van der Waals surface area contributed by atoms with Gasteiger partial charge in [-0.1, -0.05) is 92.7 Å². The quantitative estimate of drug-likeness (QED) is 0.159. The molecule has 1 fully saturated rings. The van der Waals surface area contributed by atoms with Gasteiger partial charge in [0.2, 0.25) is 0 Å². The van der Waals surface area contributed by atoms with Crippen LogP contribution in [0.3, 0.4) is 0 Å². The van der Waals surface area contributed by atoms with E-state index in [9.17, 15) is 0 Å². The van der Waals surface area contributed by atoms with Gasteiger partial charge in [-0.25, -0.2) is 0 Å². The van der Waals surface area contributed by atoms with E-state index in [4.69, 9.17) is 9.31 Å². The monoisotopic (exact) mass is 520 g/mol. The molecule has 2 aliphatic rings. The highest BCUT2D eigenvalue weighted by molar-refractivity contribution is 6.62. The minimum Gasteiger partial charge on any atom is -0.399 e. The van der Waals surface area contributed by atoms with Crippen LogP contribution in [-0.4, -0.2) is 18.3 Å². The van der Waals surface area contributed by atoms with Crippen molar-refractivity contribution in [1.82, 2.24) is 0 Å². The number of benzene rings is 6. The Balaban J connectivity index is 1.41. The van der Waals surface area contributed by atoms with Gasteiger partial charge in [-0.2, -0.15) is 0 Å². The van der Waals surface area contributed by atoms with Crippen LogP contribution in [0.2, 0.25) is 0 Å². The summed E-state index contributed by atoms with van der Waals surface area (Å²) in [6, 6.07) is 34.0. The zero-order chi connectivity index (χ0) is 27.6. The van der Waals surface area contributed by atoms with Crippen molar-refractivity contribution in [2.45, 2.75) is 58.2 Å². The number of rotatable bonds is 1. The first kappa shape index (κ1) is 24.2.